The van der Waals surface area contributed by atoms with Gasteiger partial charge in [-0.15, -0.1) is 11.3 Å². The van der Waals surface area contributed by atoms with E-state index in [2.05, 4.69) is 24.6 Å². The second kappa shape index (κ2) is 9.94. The van der Waals surface area contributed by atoms with Crippen LogP contribution in [0.25, 0.3) is 11.0 Å². The molecule has 36 heavy (non-hydrogen) atoms. The number of carboxylic acids is 1. The van der Waals surface area contributed by atoms with E-state index in [9.17, 15) is 21.6 Å². The molecule has 0 aliphatic carbocycles. The van der Waals surface area contributed by atoms with Crippen LogP contribution in [-0.2, 0) is 14.8 Å². The molecule has 2 aromatic heterocycles. The van der Waals surface area contributed by atoms with Gasteiger partial charge in [0.05, 0.1) is 28.2 Å². The zero-order valence-electron chi connectivity index (χ0n) is 18.0. The van der Waals surface area contributed by atoms with Crippen molar-refractivity contribution in [1.82, 2.24) is 15.0 Å². The lowest BCUT2D eigenvalue weighted by atomic mass is 10.2. The van der Waals surface area contributed by atoms with E-state index >= 15 is 0 Å². The van der Waals surface area contributed by atoms with Crippen molar-refractivity contribution in [2.24, 2.45) is 0 Å². The number of carboxylic acid groups (broad SMARTS) is 1. The summed E-state index contributed by atoms with van der Waals surface area (Å²) in [4.78, 5) is 23.7. The summed E-state index contributed by atoms with van der Waals surface area (Å²) in [7, 11) is -3.75. The predicted molar refractivity (Wildman–Crippen MR) is 125 cm³/mol. The van der Waals surface area contributed by atoms with Gasteiger partial charge in [-0.25, -0.2) is 18.2 Å². The summed E-state index contributed by atoms with van der Waals surface area (Å²) in [5.74, 6) is -2.25. The largest absolute Gasteiger partial charge is 0.490 e. The summed E-state index contributed by atoms with van der Waals surface area (Å²) >= 11 is 1.22. The molecule has 3 heterocycles. The standard InChI is InChI=1S/C19H15N5O3S2.C2HF3O2/c25-29(26,23-19-22-7-10-28-19)14-2-4-17-18(12-14)27-9-8-24(17)13-1-3-15-16(11-13)21-6-5-20-15;3-2(4,5)1(6)7/h1-7,10-12H,8-9H2,(H,22,23);(H,6,7). The summed E-state index contributed by atoms with van der Waals surface area (Å²) in [6.45, 7) is 1.08. The van der Waals surface area contributed by atoms with Gasteiger partial charge in [-0.3, -0.25) is 14.7 Å². The van der Waals surface area contributed by atoms with E-state index in [1.54, 1.807) is 36.1 Å². The molecule has 1 aliphatic rings. The number of hydrogen-bond acceptors (Lipinski definition) is 9. The van der Waals surface area contributed by atoms with Crippen LogP contribution in [0.2, 0.25) is 0 Å². The average molecular weight is 540 g/mol. The number of benzene rings is 2. The zero-order valence-corrected chi connectivity index (χ0v) is 19.6. The molecule has 188 valence electrons. The Morgan fingerprint density at radius 1 is 1.06 bits per heavy atom. The maximum absolute atomic E-state index is 12.7. The maximum atomic E-state index is 12.7. The van der Waals surface area contributed by atoms with Crippen LogP contribution in [0, 0.1) is 0 Å². The van der Waals surface area contributed by atoms with Gasteiger partial charge in [0.25, 0.3) is 10.0 Å². The summed E-state index contributed by atoms with van der Waals surface area (Å²) in [5, 5.41) is 9.15. The van der Waals surface area contributed by atoms with Crippen LogP contribution < -0.4 is 14.4 Å². The van der Waals surface area contributed by atoms with Gasteiger partial charge in [0.1, 0.15) is 12.4 Å². The molecule has 0 bridgehead atoms. The molecule has 0 unspecified atom stereocenters. The third-order valence-electron chi connectivity index (χ3n) is 4.77. The van der Waals surface area contributed by atoms with Crippen molar-refractivity contribution in [1.29, 1.82) is 0 Å². The van der Waals surface area contributed by atoms with E-state index in [1.165, 1.54) is 17.4 Å². The molecule has 0 amide bonds. The number of anilines is 3. The number of ether oxygens (including phenoxy) is 1. The average Bonchev–Trinajstić information content (AvgIpc) is 3.35. The van der Waals surface area contributed by atoms with Gasteiger partial charge in [-0.05, 0) is 30.3 Å². The number of halogens is 3. The fourth-order valence-corrected chi connectivity index (χ4v) is 5.01. The van der Waals surface area contributed by atoms with Crippen molar-refractivity contribution in [3.63, 3.8) is 0 Å². The highest BCUT2D eigenvalue weighted by Crippen LogP contribution is 2.38. The molecule has 0 spiro atoms. The van der Waals surface area contributed by atoms with Crippen molar-refractivity contribution in [3.05, 3.63) is 60.4 Å². The van der Waals surface area contributed by atoms with Crippen molar-refractivity contribution < 1.29 is 36.2 Å². The van der Waals surface area contributed by atoms with Gasteiger partial charge in [0.2, 0.25) is 0 Å². The maximum Gasteiger partial charge on any atom is 0.490 e. The quantitative estimate of drug-likeness (QED) is 0.394. The SMILES string of the molecule is O=C(O)C(F)(F)F.O=S(=O)(Nc1nccs1)c1ccc2c(c1)OCCN2c1ccc2nccnc2c1. The second-order valence-electron chi connectivity index (χ2n) is 7.10. The third-order valence-corrected chi connectivity index (χ3v) is 6.92. The molecular formula is C21H16F3N5O5S2. The number of carbonyl (C=O) groups is 1. The molecule has 0 atom stereocenters. The molecule has 10 nitrogen and oxygen atoms in total. The van der Waals surface area contributed by atoms with Crippen molar-refractivity contribution in [3.8, 4) is 5.75 Å². The number of thiazole rings is 1. The highest BCUT2D eigenvalue weighted by Gasteiger charge is 2.38. The van der Waals surface area contributed by atoms with E-state index in [0.717, 1.165) is 22.4 Å². The van der Waals surface area contributed by atoms with Gasteiger partial charge in [0, 0.05) is 35.7 Å². The Hall–Kier alpha value is -3.98. The van der Waals surface area contributed by atoms with Crippen molar-refractivity contribution >= 4 is 54.9 Å². The van der Waals surface area contributed by atoms with E-state index < -0.39 is 22.2 Å². The van der Waals surface area contributed by atoms with Gasteiger partial charge >= 0.3 is 12.1 Å². The van der Waals surface area contributed by atoms with Crippen LogP contribution in [0.1, 0.15) is 0 Å². The Morgan fingerprint density at radius 3 is 2.44 bits per heavy atom. The first kappa shape index (κ1) is 25.1. The van der Waals surface area contributed by atoms with Crippen LogP contribution in [0.15, 0.2) is 65.3 Å². The van der Waals surface area contributed by atoms with E-state index in [1.807, 2.05) is 18.2 Å². The fourth-order valence-electron chi connectivity index (χ4n) is 3.20. The van der Waals surface area contributed by atoms with E-state index in [0.29, 0.717) is 24.0 Å². The molecule has 2 N–H and O–H groups in total. The first-order valence-corrected chi connectivity index (χ1v) is 12.4. The van der Waals surface area contributed by atoms with Crippen LogP contribution in [0.3, 0.4) is 0 Å². The molecule has 0 fully saturated rings. The number of sulfonamides is 1. The molecule has 2 aromatic carbocycles. The molecule has 0 saturated carbocycles. The molecule has 0 radical (unpaired) electrons. The third kappa shape index (κ3) is 5.63. The Morgan fingerprint density at radius 2 is 1.78 bits per heavy atom. The van der Waals surface area contributed by atoms with Gasteiger partial charge in [-0.2, -0.15) is 13.2 Å². The first-order valence-electron chi connectivity index (χ1n) is 10.0. The topological polar surface area (TPSA) is 135 Å². The normalized spacial score (nSPS) is 13.2. The van der Waals surface area contributed by atoms with Gasteiger partial charge in [-0.1, -0.05) is 0 Å². The molecule has 5 rings (SSSR count). The lowest BCUT2D eigenvalue weighted by Gasteiger charge is -2.31. The van der Waals surface area contributed by atoms with Crippen molar-refractivity contribution in [2.45, 2.75) is 11.1 Å². The minimum Gasteiger partial charge on any atom is -0.489 e. The highest BCUT2D eigenvalue weighted by atomic mass is 32.2. The van der Waals surface area contributed by atoms with Gasteiger partial charge < -0.3 is 14.7 Å². The van der Waals surface area contributed by atoms with E-state index in [-0.39, 0.29) is 4.90 Å². The summed E-state index contributed by atoms with van der Waals surface area (Å²) < 4.78 is 65.3. The summed E-state index contributed by atoms with van der Waals surface area (Å²) in [6, 6.07) is 10.7. The number of aliphatic carboxylic acids is 1. The molecule has 15 heteroatoms. The van der Waals surface area contributed by atoms with Crippen LogP contribution >= 0.6 is 11.3 Å². The van der Waals surface area contributed by atoms with E-state index in [4.69, 9.17) is 14.6 Å². The number of aromatic nitrogens is 3. The number of nitrogens with one attached hydrogen (secondary N) is 1. The Kier molecular flexibility index (Phi) is 6.94. The van der Waals surface area contributed by atoms with Crippen molar-refractivity contribution in [2.75, 3.05) is 22.8 Å². The summed E-state index contributed by atoms with van der Waals surface area (Å²) in [6.07, 6.45) is -0.218. The van der Waals surface area contributed by atoms with Crippen LogP contribution in [0.4, 0.5) is 29.7 Å². The minimum absolute atomic E-state index is 0.123. The zero-order chi connectivity index (χ0) is 25.9. The predicted octanol–water partition coefficient (Wildman–Crippen LogP) is 4.05. The first-order chi connectivity index (χ1) is 17.0. The Bertz CT molecular complexity index is 1500. The number of hydrogen-bond donors (Lipinski definition) is 2. The number of nitrogens with zero attached hydrogens (tertiary/aromatic N) is 4. The number of rotatable bonds is 4. The molecule has 1 aliphatic heterocycles. The summed E-state index contributed by atoms with van der Waals surface area (Å²) in [5.41, 5.74) is 3.36. The highest BCUT2D eigenvalue weighted by molar-refractivity contribution is 7.93. The molecule has 4 aromatic rings. The van der Waals surface area contributed by atoms with Crippen LogP contribution in [-0.4, -0.2) is 53.8 Å². The van der Waals surface area contributed by atoms with Crippen LogP contribution in [0.5, 0.6) is 5.75 Å². The lowest BCUT2D eigenvalue weighted by Crippen LogP contribution is -2.28. The number of fused-ring (bicyclic) bond motifs is 2. The molecule has 0 saturated heterocycles. The smallest absolute Gasteiger partial charge is 0.489 e. The Labute approximate surface area is 206 Å². The lowest BCUT2D eigenvalue weighted by molar-refractivity contribution is -0.192. The monoisotopic (exact) mass is 539 g/mol. The Balaban J connectivity index is 0.000000384. The van der Waals surface area contributed by atoms with Gasteiger partial charge in [0.15, 0.2) is 5.13 Å². The fraction of sp³-hybridized carbons (Fsp3) is 0.143. The minimum atomic E-state index is -5.08. The number of alkyl halides is 3. The second-order valence-corrected chi connectivity index (χ2v) is 9.68. The molecular weight excluding hydrogens is 523 g/mol.